The number of halogens is 1. The van der Waals surface area contributed by atoms with Crippen LogP contribution in [-0.4, -0.2) is 17.9 Å². The molecule has 0 fully saturated rings. The van der Waals surface area contributed by atoms with Gasteiger partial charge in [-0.25, -0.2) is 0 Å². The molecule has 1 aliphatic rings. The Bertz CT molecular complexity index is 528. The van der Waals surface area contributed by atoms with Crippen LogP contribution in [0.25, 0.3) is 0 Å². The summed E-state index contributed by atoms with van der Waals surface area (Å²) in [5.41, 5.74) is 12.4. The van der Waals surface area contributed by atoms with Gasteiger partial charge >= 0.3 is 0 Å². The van der Waals surface area contributed by atoms with Gasteiger partial charge in [0.2, 0.25) is 5.91 Å². The van der Waals surface area contributed by atoms with Crippen LogP contribution in [0.2, 0.25) is 0 Å². The first kappa shape index (κ1) is 17.2. The number of carbonyl (C=O) groups is 2. The zero-order valence-electron chi connectivity index (χ0n) is 11.6. The van der Waals surface area contributed by atoms with Crippen molar-refractivity contribution in [2.45, 2.75) is 25.4 Å². The number of hydrogen-bond acceptors (Lipinski definition) is 3. The van der Waals surface area contributed by atoms with Crippen LogP contribution in [0.5, 0.6) is 0 Å². The molecule has 0 bridgehead atoms. The van der Waals surface area contributed by atoms with E-state index in [1.165, 1.54) is 0 Å². The number of allylic oxidation sites excluding steroid dienone is 1. The number of primary amides is 1. The van der Waals surface area contributed by atoms with Crippen molar-refractivity contribution in [3.8, 4) is 0 Å². The Morgan fingerprint density at radius 3 is 2.33 bits per heavy atom. The standard InChI is InChI=1S/C15H19N3O2.ClH/c16-9-10-5-7-11(8-6-10)15(20)18-13-4-2-1-3-12(13)14(17)19;/h1-2,5-8,12-13H,3-4,9,16H2,(H2,17,19)(H,18,20);1H/t12-,13-;/m1./s1. The van der Waals surface area contributed by atoms with Crippen molar-refractivity contribution in [3.05, 3.63) is 47.5 Å². The topological polar surface area (TPSA) is 98.2 Å². The molecule has 0 unspecified atom stereocenters. The summed E-state index contributed by atoms with van der Waals surface area (Å²) in [6.07, 6.45) is 5.09. The molecule has 0 spiro atoms. The Balaban J connectivity index is 0.00000220. The minimum Gasteiger partial charge on any atom is -0.369 e. The van der Waals surface area contributed by atoms with E-state index in [0.717, 1.165) is 5.56 Å². The second-order valence-corrected chi connectivity index (χ2v) is 4.93. The minimum absolute atomic E-state index is 0. The summed E-state index contributed by atoms with van der Waals surface area (Å²) in [7, 11) is 0. The lowest BCUT2D eigenvalue weighted by atomic mass is 9.88. The first-order valence-electron chi connectivity index (χ1n) is 6.66. The summed E-state index contributed by atoms with van der Waals surface area (Å²) in [4.78, 5) is 23.6. The van der Waals surface area contributed by atoms with Crippen molar-refractivity contribution >= 4 is 24.2 Å². The molecule has 21 heavy (non-hydrogen) atoms. The van der Waals surface area contributed by atoms with Crippen LogP contribution in [0.1, 0.15) is 28.8 Å². The van der Waals surface area contributed by atoms with Gasteiger partial charge in [0.1, 0.15) is 0 Å². The third-order valence-electron chi connectivity index (χ3n) is 3.57. The molecule has 0 heterocycles. The number of nitrogens with one attached hydrogen (secondary N) is 1. The monoisotopic (exact) mass is 309 g/mol. The Hall–Kier alpha value is -1.85. The summed E-state index contributed by atoms with van der Waals surface area (Å²) < 4.78 is 0. The van der Waals surface area contributed by atoms with Crippen LogP contribution in [0.4, 0.5) is 0 Å². The van der Waals surface area contributed by atoms with Crippen LogP contribution in [0.15, 0.2) is 36.4 Å². The average Bonchev–Trinajstić information content (AvgIpc) is 2.47. The molecular formula is C15H20ClN3O2. The Morgan fingerprint density at radius 1 is 1.14 bits per heavy atom. The maximum atomic E-state index is 12.2. The third-order valence-corrected chi connectivity index (χ3v) is 3.57. The van der Waals surface area contributed by atoms with Crippen LogP contribution in [0, 0.1) is 5.92 Å². The molecule has 1 aromatic rings. The molecule has 1 aliphatic carbocycles. The lowest BCUT2D eigenvalue weighted by Crippen LogP contribution is -2.46. The zero-order valence-corrected chi connectivity index (χ0v) is 12.4. The number of rotatable bonds is 4. The Morgan fingerprint density at radius 2 is 1.76 bits per heavy atom. The van der Waals surface area contributed by atoms with Gasteiger partial charge in [-0.1, -0.05) is 24.3 Å². The van der Waals surface area contributed by atoms with E-state index >= 15 is 0 Å². The van der Waals surface area contributed by atoms with Crippen molar-refractivity contribution in [1.82, 2.24) is 5.32 Å². The van der Waals surface area contributed by atoms with Gasteiger partial charge in [0.15, 0.2) is 0 Å². The molecule has 1 aromatic carbocycles. The number of nitrogens with two attached hydrogens (primary N) is 2. The maximum Gasteiger partial charge on any atom is 0.251 e. The highest BCUT2D eigenvalue weighted by atomic mass is 35.5. The van der Waals surface area contributed by atoms with Crippen LogP contribution >= 0.6 is 12.4 Å². The van der Waals surface area contributed by atoms with E-state index in [-0.39, 0.29) is 36.2 Å². The highest BCUT2D eigenvalue weighted by Crippen LogP contribution is 2.19. The van der Waals surface area contributed by atoms with Gasteiger partial charge in [0.05, 0.1) is 5.92 Å². The van der Waals surface area contributed by atoms with Crippen molar-refractivity contribution in [3.63, 3.8) is 0 Å². The lowest BCUT2D eigenvalue weighted by Gasteiger charge is -2.26. The van der Waals surface area contributed by atoms with Crippen LogP contribution in [0.3, 0.4) is 0 Å². The molecule has 2 amide bonds. The van der Waals surface area contributed by atoms with E-state index in [9.17, 15) is 9.59 Å². The summed E-state index contributed by atoms with van der Waals surface area (Å²) in [5, 5.41) is 2.88. The molecule has 0 radical (unpaired) electrons. The predicted octanol–water partition coefficient (Wildman–Crippen LogP) is 1.12. The Kier molecular flexibility index (Phi) is 6.39. The van der Waals surface area contributed by atoms with Gasteiger partial charge in [-0.15, -0.1) is 12.4 Å². The van der Waals surface area contributed by atoms with E-state index in [1.54, 1.807) is 12.1 Å². The molecule has 2 rings (SSSR count). The fraction of sp³-hybridized carbons (Fsp3) is 0.333. The van der Waals surface area contributed by atoms with E-state index in [4.69, 9.17) is 11.5 Å². The first-order chi connectivity index (χ1) is 9.61. The molecule has 5 nitrogen and oxygen atoms in total. The summed E-state index contributed by atoms with van der Waals surface area (Å²) in [5.74, 6) is -0.912. The van der Waals surface area contributed by atoms with Gasteiger partial charge in [-0.2, -0.15) is 0 Å². The fourth-order valence-corrected chi connectivity index (χ4v) is 2.33. The van der Waals surface area contributed by atoms with E-state index < -0.39 is 0 Å². The molecule has 0 saturated carbocycles. The van der Waals surface area contributed by atoms with Crippen molar-refractivity contribution in [2.75, 3.05) is 0 Å². The third kappa shape index (κ3) is 4.31. The quantitative estimate of drug-likeness (QED) is 0.727. The molecule has 0 aromatic heterocycles. The second kappa shape index (κ2) is 7.81. The van der Waals surface area contributed by atoms with Gasteiger partial charge in [-0.05, 0) is 30.5 Å². The summed E-state index contributed by atoms with van der Waals surface area (Å²) in [6, 6.07) is 6.87. The molecule has 0 saturated heterocycles. The molecule has 5 N–H and O–H groups in total. The van der Waals surface area contributed by atoms with Crippen molar-refractivity contribution in [1.29, 1.82) is 0 Å². The fourth-order valence-electron chi connectivity index (χ4n) is 2.33. The summed E-state index contributed by atoms with van der Waals surface area (Å²) in [6.45, 7) is 0.444. The molecule has 0 aliphatic heterocycles. The highest BCUT2D eigenvalue weighted by molar-refractivity contribution is 5.94. The average molecular weight is 310 g/mol. The first-order valence-corrected chi connectivity index (χ1v) is 6.66. The number of carbonyl (C=O) groups excluding carboxylic acids is 2. The molecular weight excluding hydrogens is 290 g/mol. The van der Waals surface area contributed by atoms with E-state index in [2.05, 4.69) is 5.32 Å². The minimum atomic E-state index is -0.377. The number of amides is 2. The SMILES string of the molecule is Cl.NCc1ccc(C(=O)N[C@@H]2CC=CC[C@H]2C(N)=O)cc1. The van der Waals surface area contributed by atoms with Crippen LogP contribution < -0.4 is 16.8 Å². The Labute approximate surface area is 130 Å². The number of hydrogen-bond donors (Lipinski definition) is 3. The summed E-state index contributed by atoms with van der Waals surface area (Å²) >= 11 is 0. The van der Waals surface area contributed by atoms with Gasteiger partial charge < -0.3 is 16.8 Å². The van der Waals surface area contributed by atoms with E-state index in [0.29, 0.717) is 24.9 Å². The van der Waals surface area contributed by atoms with Gasteiger partial charge in [0, 0.05) is 18.2 Å². The van der Waals surface area contributed by atoms with E-state index in [1.807, 2.05) is 24.3 Å². The number of benzene rings is 1. The highest BCUT2D eigenvalue weighted by Gasteiger charge is 2.28. The smallest absolute Gasteiger partial charge is 0.251 e. The molecule has 6 heteroatoms. The zero-order chi connectivity index (χ0) is 14.5. The van der Waals surface area contributed by atoms with Crippen LogP contribution in [-0.2, 0) is 11.3 Å². The van der Waals surface area contributed by atoms with Crippen molar-refractivity contribution < 1.29 is 9.59 Å². The second-order valence-electron chi connectivity index (χ2n) is 4.93. The normalized spacial score (nSPS) is 20.4. The lowest BCUT2D eigenvalue weighted by molar-refractivity contribution is -0.122. The maximum absolute atomic E-state index is 12.2. The van der Waals surface area contributed by atoms with Crippen molar-refractivity contribution in [2.24, 2.45) is 17.4 Å². The van der Waals surface area contributed by atoms with Gasteiger partial charge in [0.25, 0.3) is 5.91 Å². The van der Waals surface area contributed by atoms with Gasteiger partial charge in [-0.3, -0.25) is 9.59 Å². The molecule has 114 valence electrons. The molecule has 2 atom stereocenters. The predicted molar refractivity (Wildman–Crippen MR) is 83.9 cm³/mol. The largest absolute Gasteiger partial charge is 0.369 e.